The van der Waals surface area contributed by atoms with E-state index in [4.69, 9.17) is 4.84 Å². The van der Waals surface area contributed by atoms with Gasteiger partial charge in [0.05, 0.1) is 12.8 Å². The van der Waals surface area contributed by atoms with E-state index in [1.807, 2.05) is 35.0 Å². The van der Waals surface area contributed by atoms with E-state index in [0.717, 1.165) is 36.2 Å². The second kappa shape index (κ2) is 5.09. The Balaban J connectivity index is 2.08. The Morgan fingerprint density at radius 2 is 2.05 bits per heavy atom. The lowest BCUT2D eigenvalue weighted by Gasteiger charge is -2.12. The second-order valence-electron chi connectivity index (χ2n) is 4.86. The lowest BCUT2D eigenvalue weighted by atomic mass is 10.2. The van der Waals surface area contributed by atoms with Gasteiger partial charge in [-0.2, -0.15) is 5.10 Å². The van der Waals surface area contributed by atoms with Gasteiger partial charge in [0.25, 0.3) is 5.91 Å². The first-order valence-electron chi connectivity index (χ1n) is 6.70. The highest BCUT2D eigenvalue weighted by atomic mass is 16.7. The summed E-state index contributed by atoms with van der Waals surface area (Å²) in [7, 11) is 3.08. The third-order valence-electron chi connectivity index (χ3n) is 3.69. The summed E-state index contributed by atoms with van der Waals surface area (Å²) in [5, 5.41) is 5.74. The fourth-order valence-corrected chi connectivity index (χ4v) is 2.62. The van der Waals surface area contributed by atoms with Gasteiger partial charge in [0, 0.05) is 18.3 Å². The van der Waals surface area contributed by atoms with Crippen LogP contribution in [0.2, 0.25) is 0 Å². The molecule has 20 heavy (non-hydrogen) atoms. The van der Waals surface area contributed by atoms with Gasteiger partial charge in [-0.3, -0.25) is 9.63 Å². The summed E-state index contributed by atoms with van der Waals surface area (Å²) in [5.41, 5.74) is 3.70. The van der Waals surface area contributed by atoms with Crippen LogP contribution in [0, 0.1) is 0 Å². The van der Waals surface area contributed by atoms with Gasteiger partial charge < -0.3 is 0 Å². The molecule has 1 aromatic heterocycles. The minimum atomic E-state index is -0.194. The zero-order chi connectivity index (χ0) is 14.1. The molecule has 5 heteroatoms. The molecule has 1 aliphatic rings. The van der Waals surface area contributed by atoms with Crippen LogP contribution in [-0.2, 0) is 17.7 Å². The Kier molecular flexibility index (Phi) is 3.28. The summed E-state index contributed by atoms with van der Waals surface area (Å²) in [6, 6.07) is 9.92. The number of nitrogens with zero attached hydrogens (tertiary/aromatic N) is 3. The minimum absolute atomic E-state index is 0.194. The summed E-state index contributed by atoms with van der Waals surface area (Å²) in [4.78, 5) is 17.3. The highest BCUT2D eigenvalue weighted by molar-refractivity contribution is 5.93. The molecule has 0 aliphatic heterocycles. The lowest BCUT2D eigenvalue weighted by Crippen LogP contribution is -2.26. The molecule has 0 fully saturated rings. The quantitative estimate of drug-likeness (QED) is 0.802. The van der Waals surface area contributed by atoms with Gasteiger partial charge in [-0.05, 0) is 31.4 Å². The molecule has 5 nitrogen and oxygen atoms in total. The third kappa shape index (κ3) is 2.00. The maximum absolute atomic E-state index is 12.3. The van der Waals surface area contributed by atoms with E-state index in [1.165, 1.54) is 12.2 Å². The molecule has 2 aromatic rings. The van der Waals surface area contributed by atoms with Crippen molar-refractivity contribution in [2.45, 2.75) is 19.3 Å². The van der Waals surface area contributed by atoms with Gasteiger partial charge in [0.15, 0.2) is 5.69 Å². The zero-order valence-electron chi connectivity index (χ0n) is 11.7. The number of aromatic nitrogens is 2. The first-order valence-corrected chi connectivity index (χ1v) is 6.70. The number of benzene rings is 1. The molecule has 1 aromatic carbocycles. The van der Waals surface area contributed by atoms with Crippen molar-refractivity contribution in [1.29, 1.82) is 0 Å². The zero-order valence-corrected chi connectivity index (χ0v) is 11.7. The summed E-state index contributed by atoms with van der Waals surface area (Å²) in [5.74, 6) is -0.194. The SMILES string of the molecule is CON(C)C(=O)c1nn(-c2ccccc2)c2c1CCC2. The minimum Gasteiger partial charge on any atom is -0.274 e. The molecular formula is C15H17N3O2. The Labute approximate surface area is 117 Å². The molecule has 1 heterocycles. The molecule has 0 radical (unpaired) electrons. The van der Waals surface area contributed by atoms with Crippen molar-refractivity contribution in [1.82, 2.24) is 14.8 Å². The summed E-state index contributed by atoms with van der Waals surface area (Å²) in [6.07, 6.45) is 2.93. The Morgan fingerprint density at radius 1 is 1.30 bits per heavy atom. The van der Waals surface area contributed by atoms with Crippen molar-refractivity contribution < 1.29 is 9.63 Å². The average Bonchev–Trinajstić information content (AvgIpc) is 3.08. The molecule has 0 saturated heterocycles. The van der Waals surface area contributed by atoms with Crippen molar-refractivity contribution >= 4 is 5.91 Å². The number of amides is 1. The molecule has 0 atom stereocenters. The molecule has 0 saturated carbocycles. The molecule has 1 aliphatic carbocycles. The van der Waals surface area contributed by atoms with Gasteiger partial charge in [-0.15, -0.1) is 0 Å². The van der Waals surface area contributed by atoms with Crippen molar-refractivity contribution in [2.24, 2.45) is 0 Å². The fourth-order valence-electron chi connectivity index (χ4n) is 2.62. The second-order valence-corrected chi connectivity index (χ2v) is 4.86. The van der Waals surface area contributed by atoms with E-state index in [2.05, 4.69) is 5.10 Å². The first kappa shape index (κ1) is 12.9. The topological polar surface area (TPSA) is 47.4 Å². The summed E-state index contributed by atoms with van der Waals surface area (Å²) in [6.45, 7) is 0. The highest BCUT2D eigenvalue weighted by Gasteiger charge is 2.28. The maximum Gasteiger partial charge on any atom is 0.297 e. The summed E-state index contributed by atoms with van der Waals surface area (Å²) < 4.78 is 1.89. The number of para-hydroxylation sites is 1. The number of carbonyl (C=O) groups is 1. The van der Waals surface area contributed by atoms with Crippen LogP contribution in [0.3, 0.4) is 0 Å². The van der Waals surface area contributed by atoms with Crippen LogP contribution in [0.1, 0.15) is 28.2 Å². The maximum atomic E-state index is 12.3. The number of fused-ring (bicyclic) bond motifs is 1. The number of hydrogen-bond acceptors (Lipinski definition) is 3. The molecule has 0 unspecified atom stereocenters. The van der Waals surface area contributed by atoms with Crippen LogP contribution in [-0.4, -0.2) is 34.9 Å². The molecule has 0 bridgehead atoms. The van der Waals surface area contributed by atoms with E-state index in [9.17, 15) is 4.79 Å². The molecule has 104 valence electrons. The van der Waals surface area contributed by atoms with Crippen molar-refractivity contribution in [3.8, 4) is 5.69 Å². The largest absolute Gasteiger partial charge is 0.297 e. The van der Waals surface area contributed by atoms with Crippen LogP contribution >= 0.6 is 0 Å². The van der Waals surface area contributed by atoms with Crippen LogP contribution in [0.25, 0.3) is 5.69 Å². The average molecular weight is 271 g/mol. The van der Waals surface area contributed by atoms with Crippen LogP contribution in [0.5, 0.6) is 0 Å². The van der Waals surface area contributed by atoms with Gasteiger partial charge in [-0.1, -0.05) is 18.2 Å². The van der Waals surface area contributed by atoms with Crippen LogP contribution in [0.15, 0.2) is 30.3 Å². The number of hydroxylamine groups is 2. The Hall–Kier alpha value is -2.14. The fraction of sp³-hybridized carbons (Fsp3) is 0.333. The van der Waals surface area contributed by atoms with E-state index in [0.29, 0.717) is 5.69 Å². The standard InChI is InChI=1S/C15H17N3O2/c1-17(20-2)15(19)14-12-9-6-10-13(12)18(16-14)11-7-4-3-5-8-11/h3-5,7-8H,6,9-10H2,1-2H3. The Morgan fingerprint density at radius 3 is 2.75 bits per heavy atom. The number of hydrogen-bond donors (Lipinski definition) is 0. The van der Waals surface area contributed by atoms with E-state index in [1.54, 1.807) is 7.05 Å². The third-order valence-corrected chi connectivity index (χ3v) is 3.69. The van der Waals surface area contributed by atoms with Crippen molar-refractivity contribution in [3.05, 3.63) is 47.3 Å². The molecular weight excluding hydrogens is 254 g/mol. The van der Waals surface area contributed by atoms with Crippen molar-refractivity contribution in [2.75, 3.05) is 14.2 Å². The predicted molar refractivity (Wildman–Crippen MR) is 74.7 cm³/mol. The normalized spacial score (nSPS) is 13.3. The van der Waals surface area contributed by atoms with Crippen LogP contribution in [0.4, 0.5) is 0 Å². The Bertz CT molecular complexity index is 634. The first-order chi connectivity index (χ1) is 9.72. The number of carbonyl (C=O) groups excluding carboxylic acids is 1. The number of rotatable bonds is 3. The van der Waals surface area contributed by atoms with Gasteiger partial charge in [0.1, 0.15) is 0 Å². The molecule has 0 spiro atoms. The highest BCUT2D eigenvalue weighted by Crippen LogP contribution is 2.28. The summed E-state index contributed by atoms with van der Waals surface area (Å²) >= 11 is 0. The smallest absolute Gasteiger partial charge is 0.274 e. The van der Waals surface area contributed by atoms with E-state index < -0.39 is 0 Å². The van der Waals surface area contributed by atoms with Gasteiger partial charge >= 0.3 is 0 Å². The van der Waals surface area contributed by atoms with E-state index in [-0.39, 0.29) is 5.91 Å². The van der Waals surface area contributed by atoms with Gasteiger partial charge in [0.2, 0.25) is 0 Å². The molecule has 0 N–H and O–H groups in total. The van der Waals surface area contributed by atoms with E-state index >= 15 is 0 Å². The molecule has 3 rings (SSSR count). The van der Waals surface area contributed by atoms with Crippen LogP contribution < -0.4 is 0 Å². The lowest BCUT2D eigenvalue weighted by molar-refractivity contribution is -0.0761. The molecule has 1 amide bonds. The predicted octanol–water partition coefficient (Wildman–Crippen LogP) is 1.99. The van der Waals surface area contributed by atoms with Crippen molar-refractivity contribution in [3.63, 3.8) is 0 Å². The van der Waals surface area contributed by atoms with Gasteiger partial charge in [-0.25, -0.2) is 9.75 Å². The monoisotopic (exact) mass is 271 g/mol.